The number of benzene rings is 2. The van der Waals surface area contributed by atoms with Crippen molar-refractivity contribution in [3.63, 3.8) is 0 Å². The molecular formula is C29H35N3O3. The number of ether oxygens (including phenoxy) is 2. The minimum Gasteiger partial charge on any atom is -0.378 e. The molecule has 0 spiro atoms. The number of nitrogens with zero attached hydrogens (tertiary/aromatic N) is 3. The number of ketones is 1. The molecule has 3 fully saturated rings. The second kappa shape index (κ2) is 11.2. The molecule has 3 aliphatic rings. The maximum atomic E-state index is 13.4. The summed E-state index contributed by atoms with van der Waals surface area (Å²) < 4.78 is 10.9. The third-order valence-corrected chi connectivity index (χ3v) is 7.04. The van der Waals surface area contributed by atoms with Gasteiger partial charge in [-0.05, 0) is 54.1 Å². The molecule has 2 aromatic carbocycles. The fourth-order valence-electron chi connectivity index (χ4n) is 4.94. The van der Waals surface area contributed by atoms with Crippen molar-refractivity contribution in [3.8, 4) is 0 Å². The molecular weight excluding hydrogens is 438 g/mol. The van der Waals surface area contributed by atoms with Crippen molar-refractivity contribution in [3.05, 3.63) is 70.8 Å². The average molecular weight is 474 g/mol. The molecule has 35 heavy (non-hydrogen) atoms. The Morgan fingerprint density at radius 3 is 1.46 bits per heavy atom. The number of likely N-dealkylation sites (tertiary alicyclic amines) is 1. The number of hydrogen-bond donors (Lipinski definition) is 0. The van der Waals surface area contributed by atoms with Crippen molar-refractivity contribution in [2.75, 3.05) is 82.0 Å². The Morgan fingerprint density at radius 1 is 0.686 bits per heavy atom. The number of piperidine rings is 1. The van der Waals surface area contributed by atoms with Gasteiger partial charge in [-0.2, -0.15) is 0 Å². The first-order chi connectivity index (χ1) is 17.2. The van der Waals surface area contributed by atoms with Gasteiger partial charge in [-0.3, -0.25) is 9.69 Å². The van der Waals surface area contributed by atoms with Crippen LogP contribution >= 0.6 is 0 Å². The highest BCUT2D eigenvalue weighted by Gasteiger charge is 2.25. The van der Waals surface area contributed by atoms with E-state index in [0.29, 0.717) is 13.1 Å². The molecule has 0 unspecified atom stereocenters. The lowest BCUT2D eigenvalue weighted by atomic mass is 9.94. The summed E-state index contributed by atoms with van der Waals surface area (Å²) in [5.41, 5.74) is 6.26. The van der Waals surface area contributed by atoms with Crippen LogP contribution in [0.3, 0.4) is 0 Å². The van der Waals surface area contributed by atoms with Crippen LogP contribution in [0, 0.1) is 0 Å². The van der Waals surface area contributed by atoms with E-state index in [1.54, 1.807) is 0 Å². The summed E-state index contributed by atoms with van der Waals surface area (Å²) in [4.78, 5) is 20.4. The second-order valence-corrected chi connectivity index (χ2v) is 9.35. The van der Waals surface area contributed by atoms with Gasteiger partial charge < -0.3 is 19.3 Å². The van der Waals surface area contributed by atoms with E-state index in [0.717, 1.165) is 81.4 Å². The lowest BCUT2D eigenvalue weighted by Gasteiger charge is -2.29. The topological polar surface area (TPSA) is 45.2 Å². The number of carbonyl (C=O) groups excluding carboxylic acids is 1. The zero-order valence-electron chi connectivity index (χ0n) is 20.6. The van der Waals surface area contributed by atoms with E-state index >= 15 is 0 Å². The van der Waals surface area contributed by atoms with E-state index < -0.39 is 0 Å². The molecule has 184 valence electrons. The lowest BCUT2D eigenvalue weighted by Crippen LogP contribution is -2.37. The number of likely N-dealkylation sites (N-methyl/N-ethyl adjacent to an activating group) is 1. The fourth-order valence-corrected chi connectivity index (χ4v) is 4.94. The van der Waals surface area contributed by atoms with Gasteiger partial charge in [0.15, 0.2) is 5.78 Å². The largest absolute Gasteiger partial charge is 0.378 e. The normalized spacial score (nSPS) is 22.3. The summed E-state index contributed by atoms with van der Waals surface area (Å²) in [5.74, 6) is 0.157. The Balaban J connectivity index is 1.32. The molecule has 3 heterocycles. The molecule has 6 heteroatoms. The third kappa shape index (κ3) is 5.84. The molecule has 2 aromatic rings. The first-order valence-corrected chi connectivity index (χ1v) is 12.7. The van der Waals surface area contributed by atoms with Crippen molar-refractivity contribution >= 4 is 29.3 Å². The summed E-state index contributed by atoms with van der Waals surface area (Å²) in [6.45, 7) is 11.2. The van der Waals surface area contributed by atoms with Gasteiger partial charge in [-0.25, -0.2) is 0 Å². The van der Waals surface area contributed by atoms with Gasteiger partial charge >= 0.3 is 0 Å². The van der Waals surface area contributed by atoms with Gasteiger partial charge in [-0.15, -0.1) is 0 Å². The third-order valence-electron chi connectivity index (χ3n) is 7.04. The van der Waals surface area contributed by atoms with Crippen LogP contribution < -0.4 is 9.80 Å². The molecule has 5 rings (SSSR count). The van der Waals surface area contributed by atoms with Crippen LogP contribution in [0.5, 0.6) is 0 Å². The van der Waals surface area contributed by atoms with Crippen LogP contribution in [0.25, 0.3) is 12.2 Å². The molecule has 0 aliphatic carbocycles. The minimum absolute atomic E-state index is 0.157. The predicted molar refractivity (Wildman–Crippen MR) is 142 cm³/mol. The average Bonchev–Trinajstić information content (AvgIpc) is 2.92. The molecule has 0 atom stereocenters. The van der Waals surface area contributed by atoms with E-state index in [4.69, 9.17) is 9.47 Å². The van der Waals surface area contributed by atoms with E-state index in [1.807, 2.05) is 0 Å². The van der Waals surface area contributed by atoms with Crippen molar-refractivity contribution < 1.29 is 14.3 Å². The molecule has 0 saturated carbocycles. The fraction of sp³-hybridized carbons (Fsp3) is 0.414. The number of carbonyl (C=O) groups is 1. The standard InChI is InChI=1S/C29H35N3O3/c1-2-30-21-25(19-23-3-7-27(8-4-23)31-11-15-34-16-12-31)29(33)26(22-30)20-24-5-9-28(10-6-24)32-13-17-35-18-14-32/h3-10,19-20H,2,11-18,21-22H2,1H3/b25-19+,26-20+. The van der Waals surface area contributed by atoms with Gasteiger partial charge in [0.2, 0.25) is 0 Å². The molecule has 6 nitrogen and oxygen atoms in total. The number of rotatable bonds is 5. The molecule has 0 amide bonds. The molecule has 0 bridgehead atoms. The Hall–Kier alpha value is -2.93. The Morgan fingerprint density at radius 2 is 1.09 bits per heavy atom. The van der Waals surface area contributed by atoms with E-state index in [2.05, 4.69) is 82.3 Å². The number of anilines is 2. The number of Topliss-reactive ketones (excluding diaryl/α,β-unsaturated/α-hetero) is 1. The summed E-state index contributed by atoms with van der Waals surface area (Å²) in [6.07, 6.45) is 4.12. The van der Waals surface area contributed by atoms with Crippen LogP contribution in [0.4, 0.5) is 11.4 Å². The van der Waals surface area contributed by atoms with Gasteiger partial charge in [-0.1, -0.05) is 31.2 Å². The highest BCUT2D eigenvalue weighted by molar-refractivity contribution is 6.14. The summed E-state index contributed by atoms with van der Waals surface area (Å²) in [6, 6.07) is 17.1. The molecule has 3 saturated heterocycles. The van der Waals surface area contributed by atoms with E-state index in [-0.39, 0.29) is 5.78 Å². The minimum atomic E-state index is 0.157. The van der Waals surface area contributed by atoms with Crippen LogP contribution in [0.2, 0.25) is 0 Å². The second-order valence-electron chi connectivity index (χ2n) is 9.35. The van der Waals surface area contributed by atoms with Gasteiger partial charge in [0.05, 0.1) is 26.4 Å². The first-order valence-electron chi connectivity index (χ1n) is 12.7. The van der Waals surface area contributed by atoms with Gasteiger partial charge in [0.25, 0.3) is 0 Å². The maximum Gasteiger partial charge on any atom is 0.187 e. The summed E-state index contributed by atoms with van der Waals surface area (Å²) in [7, 11) is 0. The van der Waals surface area contributed by atoms with Crippen molar-refractivity contribution in [2.24, 2.45) is 0 Å². The number of morpholine rings is 2. The molecule has 0 N–H and O–H groups in total. The molecule has 0 aromatic heterocycles. The van der Waals surface area contributed by atoms with Crippen molar-refractivity contribution in [1.82, 2.24) is 4.90 Å². The van der Waals surface area contributed by atoms with Crippen molar-refractivity contribution in [2.45, 2.75) is 6.92 Å². The highest BCUT2D eigenvalue weighted by atomic mass is 16.5. The molecule has 3 aliphatic heterocycles. The summed E-state index contributed by atoms with van der Waals surface area (Å²) in [5, 5.41) is 0. The molecule has 0 radical (unpaired) electrons. The maximum absolute atomic E-state index is 13.4. The van der Waals surface area contributed by atoms with Crippen LogP contribution in [0.15, 0.2) is 59.7 Å². The quantitative estimate of drug-likeness (QED) is 0.617. The van der Waals surface area contributed by atoms with Crippen LogP contribution in [-0.2, 0) is 14.3 Å². The van der Waals surface area contributed by atoms with Crippen LogP contribution in [-0.4, -0.2) is 82.9 Å². The van der Waals surface area contributed by atoms with Crippen molar-refractivity contribution in [1.29, 1.82) is 0 Å². The zero-order chi connectivity index (χ0) is 24.0. The highest BCUT2D eigenvalue weighted by Crippen LogP contribution is 2.25. The van der Waals surface area contributed by atoms with Gasteiger partial charge in [0.1, 0.15) is 0 Å². The monoisotopic (exact) mass is 473 g/mol. The first kappa shape index (κ1) is 23.8. The zero-order valence-corrected chi connectivity index (χ0v) is 20.6. The SMILES string of the molecule is CCN1C/C(=C\c2ccc(N3CCOCC3)cc2)C(=O)/C(=C/c2ccc(N3CCOCC3)cc2)C1. The Bertz CT molecular complexity index is 980. The smallest absolute Gasteiger partial charge is 0.187 e. The number of hydrogen-bond acceptors (Lipinski definition) is 6. The van der Waals surface area contributed by atoms with Gasteiger partial charge in [0, 0.05) is 61.8 Å². The van der Waals surface area contributed by atoms with Crippen LogP contribution in [0.1, 0.15) is 18.1 Å². The Kier molecular flexibility index (Phi) is 7.62. The summed E-state index contributed by atoms with van der Waals surface area (Å²) >= 11 is 0. The lowest BCUT2D eigenvalue weighted by molar-refractivity contribution is -0.113. The predicted octanol–water partition coefficient (Wildman–Crippen LogP) is 3.73. The van der Waals surface area contributed by atoms with E-state index in [1.165, 1.54) is 11.4 Å². The van der Waals surface area contributed by atoms with E-state index in [9.17, 15) is 4.79 Å². The Labute approximate surface area is 208 Å².